The number of benzene rings is 2. The molecule has 0 aliphatic carbocycles. The first-order valence-electron chi connectivity index (χ1n) is 6.54. The molecule has 5 heteroatoms. The van der Waals surface area contributed by atoms with Crippen LogP contribution in [0.25, 0.3) is 0 Å². The van der Waals surface area contributed by atoms with Crippen molar-refractivity contribution in [1.82, 2.24) is 0 Å². The first-order chi connectivity index (χ1) is 10.2. The van der Waals surface area contributed by atoms with E-state index in [1.807, 2.05) is 24.3 Å². The predicted octanol–water partition coefficient (Wildman–Crippen LogP) is 3.52. The number of carbonyl (C=O) groups is 1. The molecular weight excluding hydrogens is 286 g/mol. The largest absolute Gasteiger partial charge is 0.507 e. The van der Waals surface area contributed by atoms with Crippen molar-refractivity contribution in [2.75, 3.05) is 18.2 Å². The van der Waals surface area contributed by atoms with Crippen molar-refractivity contribution < 1.29 is 14.6 Å². The minimum atomic E-state index is -0.0811. The maximum Gasteiger partial charge on any atom is 0.225 e. The van der Waals surface area contributed by atoms with Gasteiger partial charge in [0, 0.05) is 17.1 Å². The van der Waals surface area contributed by atoms with Crippen LogP contribution in [-0.4, -0.2) is 23.9 Å². The molecule has 0 fully saturated rings. The van der Waals surface area contributed by atoms with Crippen molar-refractivity contribution in [3.8, 4) is 11.5 Å². The molecule has 0 saturated heterocycles. The Hall–Kier alpha value is -2.14. The normalized spacial score (nSPS) is 10.1. The molecule has 0 atom stereocenters. The Morgan fingerprint density at radius 2 is 1.90 bits per heavy atom. The number of carbonyl (C=O) groups excluding carboxylic acids is 1. The summed E-state index contributed by atoms with van der Waals surface area (Å²) < 4.78 is 5.18. The lowest BCUT2D eigenvalue weighted by atomic mass is 10.3. The number of nitrogens with one attached hydrogen (secondary N) is 1. The standard InChI is InChI=1S/C16H17NO3S/c1-20-14-8-4-2-6-12(14)17-16(19)10-11-21-15-9-5-3-7-13(15)18/h2-9,18H,10-11H2,1H3,(H,17,19). The smallest absolute Gasteiger partial charge is 0.225 e. The zero-order valence-electron chi connectivity index (χ0n) is 11.7. The Morgan fingerprint density at radius 1 is 1.19 bits per heavy atom. The molecule has 0 aliphatic rings. The van der Waals surface area contributed by atoms with Crippen LogP contribution in [0.3, 0.4) is 0 Å². The lowest BCUT2D eigenvalue weighted by molar-refractivity contribution is -0.115. The van der Waals surface area contributed by atoms with Crippen LogP contribution in [0.5, 0.6) is 11.5 Å². The molecule has 21 heavy (non-hydrogen) atoms. The second kappa shape index (κ2) is 7.59. The Bertz CT molecular complexity index is 616. The summed E-state index contributed by atoms with van der Waals surface area (Å²) in [6.07, 6.45) is 0.358. The lowest BCUT2D eigenvalue weighted by Gasteiger charge is -2.09. The van der Waals surface area contributed by atoms with Gasteiger partial charge in [-0.15, -0.1) is 11.8 Å². The number of methoxy groups -OCH3 is 1. The Labute approximate surface area is 128 Å². The summed E-state index contributed by atoms with van der Waals surface area (Å²) in [7, 11) is 1.57. The third-order valence-electron chi connectivity index (χ3n) is 2.83. The maximum absolute atomic E-state index is 11.9. The van der Waals surface area contributed by atoms with Crippen molar-refractivity contribution in [3.63, 3.8) is 0 Å². The van der Waals surface area contributed by atoms with Gasteiger partial charge in [0.2, 0.25) is 5.91 Å². The number of hydrogen-bond acceptors (Lipinski definition) is 4. The molecule has 1 amide bonds. The summed E-state index contributed by atoms with van der Waals surface area (Å²) in [5.74, 6) is 1.40. The highest BCUT2D eigenvalue weighted by Gasteiger charge is 2.07. The van der Waals surface area contributed by atoms with Crippen molar-refractivity contribution in [3.05, 3.63) is 48.5 Å². The molecule has 0 radical (unpaired) electrons. The van der Waals surface area contributed by atoms with Crippen LogP contribution >= 0.6 is 11.8 Å². The van der Waals surface area contributed by atoms with Gasteiger partial charge in [-0.05, 0) is 24.3 Å². The minimum absolute atomic E-state index is 0.0811. The van der Waals surface area contributed by atoms with E-state index < -0.39 is 0 Å². The van der Waals surface area contributed by atoms with E-state index in [0.29, 0.717) is 23.6 Å². The van der Waals surface area contributed by atoms with E-state index in [4.69, 9.17) is 4.74 Å². The van der Waals surface area contributed by atoms with Crippen molar-refractivity contribution >= 4 is 23.4 Å². The van der Waals surface area contributed by atoms with Gasteiger partial charge in [-0.1, -0.05) is 24.3 Å². The molecule has 2 rings (SSSR count). The zero-order valence-corrected chi connectivity index (χ0v) is 12.5. The summed E-state index contributed by atoms with van der Waals surface area (Å²) in [6.45, 7) is 0. The molecule has 0 bridgehead atoms. The predicted molar refractivity (Wildman–Crippen MR) is 85.1 cm³/mol. The summed E-state index contributed by atoms with van der Waals surface area (Å²) in [5.41, 5.74) is 0.664. The van der Waals surface area contributed by atoms with E-state index in [-0.39, 0.29) is 11.7 Å². The zero-order chi connectivity index (χ0) is 15.1. The Balaban J connectivity index is 1.84. The van der Waals surface area contributed by atoms with Crippen LogP contribution in [0, 0.1) is 0 Å². The molecule has 0 heterocycles. The summed E-state index contributed by atoms with van der Waals surface area (Å²) in [4.78, 5) is 12.7. The van der Waals surface area contributed by atoms with Crippen LogP contribution in [-0.2, 0) is 4.79 Å². The Kier molecular flexibility index (Phi) is 5.51. The van der Waals surface area contributed by atoms with E-state index >= 15 is 0 Å². The number of anilines is 1. The fourth-order valence-corrected chi connectivity index (χ4v) is 2.69. The van der Waals surface area contributed by atoms with Crippen LogP contribution < -0.4 is 10.1 Å². The van der Waals surface area contributed by atoms with Gasteiger partial charge in [0.1, 0.15) is 11.5 Å². The second-order valence-corrected chi connectivity index (χ2v) is 5.45. The number of para-hydroxylation sites is 3. The quantitative estimate of drug-likeness (QED) is 0.802. The number of amides is 1. The van der Waals surface area contributed by atoms with Gasteiger partial charge < -0.3 is 15.2 Å². The number of ether oxygens (including phenoxy) is 1. The van der Waals surface area contributed by atoms with Gasteiger partial charge in [-0.2, -0.15) is 0 Å². The molecule has 0 saturated carbocycles. The summed E-state index contributed by atoms with van der Waals surface area (Å²) >= 11 is 1.45. The fourth-order valence-electron chi connectivity index (χ4n) is 1.79. The first-order valence-corrected chi connectivity index (χ1v) is 7.53. The maximum atomic E-state index is 11.9. The third-order valence-corrected chi connectivity index (χ3v) is 3.90. The number of phenols is 1. The van der Waals surface area contributed by atoms with Crippen molar-refractivity contribution in [2.45, 2.75) is 11.3 Å². The van der Waals surface area contributed by atoms with E-state index in [1.54, 1.807) is 31.4 Å². The van der Waals surface area contributed by atoms with Gasteiger partial charge in [0.25, 0.3) is 0 Å². The van der Waals surface area contributed by atoms with Gasteiger partial charge >= 0.3 is 0 Å². The van der Waals surface area contributed by atoms with Crippen LogP contribution in [0.15, 0.2) is 53.4 Å². The van der Waals surface area contributed by atoms with Crippen molar-refractivity contribution in [1.29, 1.82) is 0 Å². The van der Waals surface area contributed by atoms with E-state index in [0.717, 1.165) is 4.90 Å². The molecule has 0 unspecified atom stereocenters. The first kappa shape index (κ1) is 15.3. The number of hydrogen-bond donors (Lipinski definition) is 2. The van der Waals surface area contributed by atoms with Gasteiger partial charge in [0.05, 0.1) is 12.8 Å². The molecule has 2 aromatic rings. The van der Waals surface area contributed by atoms with Crippen LogP contribution in [0.2, 0.25) is 0 Å². The van der Waals surface area contributed by atoms with Crippen molar-refractivity contribution in [2.24, 2.45) is 0 Å². The SMILES string of the molecule is COc1ccccc1NC(=O)CCSc1ccccc1O. The molecule has 0 spiro atoms. The number of rotatable bonds is 6. The minimum Gasteiger partial charge on any atom is -0.507 e. The van der Waals surface area contributed by atoms with E-state index in [2.05, 4.69) is 5.32 Å². The highest BCUT2D eigenvalue weighted by atomic mass is 32.2. The van der Waals surface area contributed by atoms with E-state index in [1.165, 1.54) is 11.8 Å². The topological polar surface area (TPSA) is 58.6 Å². The molecule has 4 nitrogen and oxygen atoms in total. The molecule has 2 aromatic carbocycles. The molecule has 0 aliphatic heterocycles. The highest BCUT2D eigenvalue weighted by molar-refractivity contribution is 7.99. The molecular formula is C16H17NO3S. The summed E-state index contributed by atoms with van der Waals surface area (Å²) in [5, 5.41) is 12.5. The van der Waals surface area contributed by atoms with Crippen LogP contribution in [0.4, 0.5) is 5.69 Å². The van der Waals surface area contributed by atoms with Gasteiger partial charge in [0.15, 0.2) is 0 Å². The number of thioether (sulfide) groups is 1. The van der Waals surface area contributed by atoms with Crippen LogP contribution in [0.1, 0.15) is 6.42 Å². The second-order valence-electron chi connectivity index (χ2n) is 4.31. The average molecular weight is 303 g/mol. The van der Waals surface area contributed by atoms with Gasteiger partial charge in [-0.25, -0.2) is 0 Å². The third kappa shape index (κ3) is 4.43. The number of aromatic hydroxyl groups is 1. The van der Waals surface area contributed by atoms with Gasteiger partial charge in [-0.3, -0.25) is 4.79 Å². The van der Waals surface area contributed by atoms with E-state index in [9.17, 15) is 9.90 Å². The lowest BCUT2D eigenvalue weighted by Crippen LogP contribution is -2.12. The fraction of sp³-hybridized carbons (Fsp3) is 0.188. The molecule has 2 N–H and O–H groups in total. The monoisotopic (exact) mass is 303 g/mol. The number of phenolic OH excluding ortho intramolecular Hbond substituents is 1. The molecule has 110 valence electrons. The average Bonchev–Trinajstić information content (AvgIpc) is 2.50. The molecule has 0 aromatic heterocycles. The summed E-state index contributed by atoms with van der Waals surface area (Å²) in [6, 6.07) is 14.4. The Morgan fingerprint density at radius 3 is 2.67 bits per heavy atom. The highest BCUT2D eigenvalue weighted by Crippen LogP contribution is 2.28.